The molecule has 0 bridgehead atoms. The highest BCUT2D eigenvalue weighted by Crippen LogP contribution is 2.43. The SMILES string of the molecule is c1ccc(-c2cccc(-n3c4ccccc4c4cccc(-n5c6ccccc6c6cc(-c7nc(-c8ccc9c(c8)oc8ccc(-c%10ccccc%10)cc89)nc(-c8cccc9c8sc8ccccc89)n7)ccc65)c43)c2)cc1. The van der Waals surface area contributed by atoms with Crippen LogP contribution in [0.5, 0.6) is 0 Å². The van der Waals surface area contributed by atoms with E-state index < -0.39 is 0 Å². The molecule has 0 atom stereocenters. The average Bonchev–Trinajstić information content (AvgIpc) is 4.34. The van der Waals surface area contributed by atoms with E-state index in [1.54, 1.807) is 11.3 Å². The zero-order chi connectivity index (χ0) is 49.8. The van der Waals surface area contributed by atoms with Crippen LogP contribution in [0, 0.1) is 0 Å². The molecule has 7 heteroatoms. The van der Waals surface area contributed by atoms with Gasteiger partial charge in [0.2, 0.25) is 0 Å². The van der Waals surface area contributed by atoms with Gasteiger partial charge in [0, 0.05) is 74.9 Å². The largest absolute Gasteiger partial charge is 0.456 e. The lowest BCUT2D eigenvalue weighted by molar-refractivity contribution is 0.669. The third-order valence-electron chi connectivity index (χ3n) is 15.2. The van der Waals surface area contributed by atoms with Crippen LogP contribution >= 0.6 is 11.3 Å². The molecule has 354 valence electrons. The summed E-state index contributed by atoms with van der Waals surface area (Å²) in [4.78, 5) is 16.1. The molecule has 0 aliphatic heterocycles. The van der Waals surface area contributed by atoms with Crippen molar-refractivity contribution in [1.29, 1.82) is 0 Å². The Hall–Kier alpha value is -9.95. The summed E-state index contributed by atoms with van der Waals surface area (Å²) >= 11 is 1.78. The van der Waals surface area contributed by atoms with Gasteiger partial charge in [-0.05, 0) is 107 Å². The second-order valence-electron chi connectivity index (χ2n) is 19.5. The minimum Gasteiger partial charge on any atom is -0.456 e. The molecule has 0 spiro atoms. The van der Waals surface area contributed by atoms with Crippen molar-refractivity contribution in [2.45, 2.75) is 0 Å². The van der Waals surface area contributed by atoms with Crippen molar-refractivity contribution in [3.05, 3.63) is 249 Å². The van der Waals surface area contributed by atoms with Crippen molar-refractivity contribution < 1.29 is 4.42 Å². The smallest absolute Gasteiger partial charge is 0.165 e. The van der Waals surface area contributed by atoms with E-state index in [2.05, 4.69) is 252 Å². The molecular formula is C69H41N5OS. The van der Waals surface area contributed by atoms with E-state index in [1.165, 1.54) is 42.9 Å². The Kier molecular flexibility index (Phi) is 9.40. The normalized spacial score (nSPS) is 11.9. The number of aromatic nitrogens is 5. The lowest BCUT2D eigenvalue weighted by Crippen LogP contribution is -2.01. The first-order valence-electron chi connectivity index (χ1n) is 25.6. The fourth-order valence-corrected chi connectivity index (χ4v) is 12.9. The van der Waals surface area contributed by atoms with E-state index in [1.807, 2.05) is 6.07 Å². The molecule has 0 radical (unpaired) electrons. The maximum atomic E-state index is 6.58. The number of benzene rings is 11. The highest BCUT2D eigenvalue weighted by atomic mass is 32.1. The lowest BCUT2D eigenvalue weighted by atomic mass is 10.0. The van der Waals surface area contributed by atoms with Crippen molar-refractivity contribution >= 4 is 97.1 Å². The summed E-state index contributed by atoms with van der Waals surface area (Å²) in [5.41, 5.74) is 15.7. The van der Waals surface area contributed by atoms with Crippen LogP contribution in [0.3, 0.4) is 0 Å². The van der Waals surface area contributed by atoms with Gasteiger partial charge < -0.3 is 13.6 Å². The van der Waals surface area contributed by atoms with Gasteiger partial charge in [-0.3, -0.25) is 0 Å². The Morgan fingerprint density at radius 3 is 1.68 bits per heavy atom. The van der Waals surface area contributed by atoms with Gasteiger partial charge in [0.05, 0.1) is 27.8 Å². The molecule has 0 saturated carbocycles. The van der Waals surface area contributed by atoms with Crippen molar-refractivity contribution in [3.63, 3.8) is 0 Å². The molecule has 0 aliphatic carbocycles. The molecule has 0 aliphatic rings. The Balaban J connectivity index is 0.894. The summed E-state index contributed by atoms with van der Waals surface area (Å²) in [6.07, 6.45) is 0. The highest BCUT2D eigenvalue weighted by molar-refractivity contribution is 7.26. The lowest BCUT2D eigenvalue weighted by Gasteiger charge is -2.15. The number of hydrogen-bond acceptors (Lipinski definition) is 5. The van der Waals surface area contributed by atoms with Crippen LogP contribution in [-0.2, 0) is 0 Å². The number of rotatable bonds is 7. The summed E-state index contributed by atoms with van der Waals surface area (Å²) in [6.45, 7) is 0. The molecule has 0 amide bonds. The van der Waals surface area contributed by atoms with Gasteiger partial charge in [0.15, 0.2) is 17.5 Å². The van der Waals surface area contributed by atoms with Crippen LogP contribution in [0.4, 0.5) is 0 Å². The number of hydrogen-bond donors (Lipinski definition) is 0. The van der Waals surface area contributed by atoms with E-state index in [4.69, 9.17) is 19.4 Å². The van der Waals surface area contributed by atoms with E-state index in [-0.39, 0.29) is 0 Å². The van der Waals surface area contributed by atoms with Gasteiger partial charge in [0.1, 0.15) is 11.2 Å². The third-order valence-corrected chi connectivity index (χ3v) is 16.4. The van der Waals surface area contributed by atoms with Crippen LogP contribution in [0.1, 0.15) is 0 Å². The van der Waals surface area contributed by atoms with Gasteiger partial charge in [-0.1, -0.05) is 164 Å². The Labute approximate surface area is 439 Å². The van der Waals surface area contributed by atoms with Crippen LogP contribution < -0.4 is 0 Å². The van der Waals surface area contributed by atoms with Crippen molar-refractivity contribution in [3.8, 4) is 67.8 Å². The molecule has 0 N–H and O–H groups in total. The summed E-state index contributed by atoms with van der Waals surface area (Å²) in [5, 5.41) is 9.16. The fourth-order valence-electron chi connectivity index (χ4n) is 11.7. The third kappa shape index (κ3) is 6.62. The van der Waals surface area contributed by atoms with Gasteiger partial charge in [-0.2, -0.15) is 0 Å². The van der Waals surface area contributed by atoms with Crippen LogP contribution in [0.25, 0.3) is 154 Å². The summed E-state index contributed by atoms with van der Waals surface area (Å²) in [6, 6.07) is 88.7. The standard InChI is InChI=1S/C69H41N5OS/c1-3-16-42(17-4-1)44-20-13-21-48(38-44)73-58-28-10-7-22-49(58)53-25-15-30-61(65(53)73)74-59-29-11-8-23-50(59)56-40-46(33-36-60(56)74)67-70-68(72-69(71-67)55-27-14-26-54-52-24-9-12-31-64(52)76-66(54)55)47-32-35-51-57-39-45(43-18-5-2-6-19-43)34-37-62(57)75-63(51)41-47/h1-41H. The molecule has 0 fully saturated rings. The number of fused-ring (bicyclic) bond motifs is 12. The number of furan rings is 1. The van der Waals surface area contributed by atoms with E-state index in [9.17, 15) is 0 Å². The highest BCUT2D eigenvalue weighted by Gasteiger charge is 2.23. The molecule has 16 rings (SSSR count). The van der Waals surface area contributed by atoms with Crippen LogP contribution in [-0.4, -0.2) is 24.1 Å². The minimum atomic E-state index is 0.573. The van der Waals surface area contributed by atoms with Crippen LogP contribution in [0.15, 0.2) is 253 Å². The molecular weight excluding hydrogens is 947 g/mol. The summed E-state index contributed by atoms with van der Waals surface area (Å²) in [5.74, 6) is 1.78. The van der Waals surface area contributed by atoms with Gasteiger partial charge >= 0.3 is 0 Å². The molecule has 76 heavy (non-hydrogen) atoms. The van der Waals surface area contributed by atoms with E-state index in [0.717, 1.165) is 93.1 Å². The number of nitrogens with zero attached hydrogens (tertiary/aromatic N) is 5. The van der Waals surface area contributed by atoms with Gasteiger partial charge in [0.25, 0.3) is 0 Å². The van der Waals surface area contributed by atoms with Crippen molar-refractivity contribution in [1.82, 2.24) is 24.1 Å². The van der Waals surface area contributed by atoms with E-state index in [0.29, 0.717) is 17.5 Å². The Bertz CT molecular complexity index is 5010. The van der Waals surface area contributed by atoms with Crippen molar-refractivity contribution in [2.24, 2.45) is 0 Å². The number of para-hydroxylation sites is 3. The molecule has 0 saturated heterocycles. The zero-order valence-electron chi connectivity index (χ0n) is 40.7. The first-order chi connectivity index (χ1) is 37.7. The molecule has 11 aromatic carbocycles. The number of thiophene rings is 1. The van der Waals surface area contributed by atoms with Gasteiger partial charge in [-0.15, -0.1) is 11.3 Å². The minimum absolute atomic E-state index is 0.573. The molecule has 6 nitrogen and oxygen atoms in total. The molecule has 16 aromatic rings. The maximum absolute atomic E-state index is 6.58. The fraction of sp³-hybridized carbons (Fsp3) is 0. The maximum Gasteiger partial charge on any atom is 0.165 e. The summed E-state index contributed by atoms with van der Waals surface area (Å²) in [7, 11) is 0. The monoisotopic (exact) mass is 987 g/mol. The average molecular weight is 988 g/mol. The Morgan fingerprint density at radius 1 is 0.316 bits per heavy atom. The second kappa shape index (κ2) is 16.8. The molecule has 5 heterocycles. The molecule has 5 aromatic heterocycles. The van der Waals surface area contributed by atoms with Crippen molar-refractivity contribution in [2.75, 3.05) is 0 Å². The quantitative estimate of drug-likeness (QED) is 0.160. The topological polar surface area (TPSA) is 61.7 Å². The Morgan fingerprint density at radius 2 is 0.882 bits per heavy atom. The van der Waals surface area contributed by atoms with E-state index >= 15 is 0 Å². The van der Waals surface area contributed by atoms with Crippen LogP contribution in [0.2, 0.25) is 0 Å². The predicted octanol–water partition coefficient (Wildman–Crippen LogP) is 18.7. The second-order valence-corrected chi connectivity index (χ2v) is 20.6. The van der Waals surface area contributed by atoms with Gasteiger partial charge in [-0.25, -0.2) is 15.0 Å². The first kappa shape index (κ1) is 42.5. The summed E-state index contributed by atoms with van der Waals surface area (Å²) < 4.78 is 13.8. The zero-order valence-corrected chi connectivity index (χ0v) is 41.5. The molecule has 0 unspecified atom stereocenters. The predicted molar refractivity (Wildman–Crippen MR) is 316 cm³/mol. The first-order valence-corrected chi connectivity index (χ1v) is 26.4.